The van der Waals surface area contributed by atoms with Crippen LogP contribution in [0.25, 0.3) is 0 Å². The van der Waals surface area contributed by atoms with Crippen molar-refractivity contribution in [2.75, 3.05) is 5.32 Å². The van der Waals surface area contributed by atoms with Crippen LogP contribution in [0.4, 0.5) is 5.69 Å². The Morgan fingerprint density at radius 1 is 1.44 bits per heavy atom. The number of nitrogens with one attached hydrogen (secondary N) is 1. The van der Waals surface area contributed by atoms with Crippen molar-refractivity contribution in [3.8, 4) is 0 Å². The highest BCUT2D eigenvalue weighted by molar-refractivity contribution is 6.33. The van der Waals surface area contributed by atoms with Gasteiger partial charge in [0, 0.05) is 0 Å². The Morgan fingerprint density at radius 3 is 2.56 bits per heavy atom. The van der Waals surface area contributed by atoms with Gasteiger partial charge in [-0.1, -0.05) is 37.6 Å². The molecule has 0 atom stereocenters. The zero-order chi connectivity index (χ0) is 13.3. The van der Waals surface area contributed by atoms with Crippen molar-refractivity contribution in [3.63, 3.8) is 0 Å². The van der Waals surface area contributed by atoms with Crippen LogP contribution in [0.15, 0.2) is 24.3 Å². The number of anilines is 1. The summed E-state index contributed by atoms with van der Waals surface area (Å²) >= 11 is 6.10. The van der Waals surface area contributed by atoms with Crippen molar-refractivity contribution in [2.24, 2.45) is 17.6 Å². The van der Waals surface area contributed by atoms with Gasteiger partial charge in [0.25, 0.3) is 0 Å². The number of hydrogen-bond acceptors (Lipinski definition) is 2. The number of benzene rings is 1. The Morgan fingerprint density at radius 2 is 2.06 bits per heavy atom. The maximum absolute atomic E-state index is 11.7. The van der Waals surface area contributed by atoms with Gasteiger partial charge in [-0.25, -0.2) is 0 Å². The molecular weight excluding hydrogens is 248 g/mol. The van der Waals surface area contributed by atoms with Gasteiger partial charge in [0.2, 0.25) is 5.91 Å². The molecule has 0 spiro atoms. The third-order valence-corrected chi connectivity index (χ3v) is 4.21. The molecule has 0 aliphatic heterocycles. The second kappa shape index (κ2) is 4.81. The summed E-state index contributed by atoms with van der Waals surface area (Å²) in [5.74, 6) is 0.831. The van der Waals surface area contributed by atoms with Crippen molar-refractivity contribution in [1.29, 1.82) is 0 Å². The standard InChI is InChI=1S/C14H19ClN2O/c1-9(2)10-7-14(8-10,13(16)18)17-12-6-4-3-5-11(12)15/h3-6,9-10,17H,7-8H2,1-2H3,(H2,16,18). The molecule has 18 heavy (non-hydrogen) atoms. The molecule has 0 aromatic heterocycles. The van der Waals surface area contributed by atoms with Crippen molar-refractivity contribution in [3.05, 3.63) is 29.3 Å². The van der Waals surface area contributed by atoms with Crippen LogP contribution < -0.4 is 11.1 Å². The summed E-state index contributed by atoms with van der Waals surface area (Å²) in [7, 11) is 0. The lowest BCUT2D eigenvalue weighted by molar-refractivity contribution is -0.127. The summed E-state index contributed by atoms with van der Waals surface area (Å²) in [5, 5.41) is 3.85. The fraction of sp³-hybridized carbons (Fsp3) is 0.500. The van der Waals surface area contributed by atoms with Gasteiger partial charge in [-0.3, -0.25) is 4.79 Å². The normalized spacial score (nSPS) is 26.8. The zero-order valence-electron chi connectivity index (χ0n) is 10.7. The third-order valence-electron chi connectivity index (χ3n) is 3.88. The van der Waals surface area contributed by atoms with Crippen LogP contribution >= 0.6 is 11.6 Å². The Hall–Kier alpha value is -1.22. The average molecular weight is 267 g/mol. The summed E-state index contributed by atoms with van der Waals surface area (Å²) in [6.07, 6.45) is 1.57. The highest BCUT2D eigenvalue weighted by Crippen LogP contribution is 2.44. The van der Waals surface area contributed by atoms with E-state index in [0.29, 0.717) is 16.9 Å². The molecule has 1 saturated carbocycles. The topological polar surface area (TPSA) is 55.1 Å². The molecule has 0 bridgehead atoms. The number of amides is 1. The van der Waals surface area contributed by atoms with Crippen LogP contribution in [-0.4, -0.2) is 11.4 Å². The predicted octanol–water partition coefficient (Wildman–Crippen LogP) is 3.04. The molecule has 1 aliphatic carbocycles. The van der Waals surface area contributed by atoms with Gasteiger partial charge in [0.1, 0.15) is 5.54 Å². The second-order valence-corrected chi connectivity index (χ2v) is 5.87. The molecule has 0 unspecified atom stereocenters. The lowest BCUT2D eigenvalue weighted by atomic mass is 9.63. The number of para-hydroxylation sites is 1. The first-order chi connectivity index (χ1) is 8.44. The van der Waals surface area contributed by atoms with Gasteiger partial charge in [0.15, 0.2) is 0 Å². The minimum absolute atomic E-state index is 0.292. The van der Waals surface area contributed by atoms with Crippen LogP contribution in [0.5, 0.6) is 0 Å². The van der Waals surface area contributed by atoms with E-state index in [-0.39, 0.29) is 5.91 Å². The van der Waals surface area contributed by atoms with Gasteiger partial charge in [-0.15, -0.1) is 0 Å². The van der Waals surface area contributed by atoms with Gasteiger partial charge >= 0.3 is 0 Å². The number of halogens is 1. The van der Waals surface area contributed by atoms with E-state index in [1.807, 2.05) is 18.2 Å². The molecule has 1 amide bonds. The molecule has 3 N–H and O–H groups in total. The Labute approximate surface area is 113 Å². The summed E-state index contributed by atoms with van der Waals surface area (Å²) < 4.78 is 0. The molecule has 98 valence electrons. The van der Waals surface area contributed by atoms with E-state index in [0.717, 1.165) is 18.5 Å². The second-order valence-electron chi connectivity index (χ2n) is 5.46. The number of carbonyl (C=O) groups excluding carboxylic acids is 1. The highest BCUT2D eigenvalue weighted by atomic mass is 35.5. The van der Waals surface area contributed by atoms with Crippen LogP contribution in [0.3, 0.4) is 0 Å². The van der Waals surface area contributed by atoms with Crippen LogP contribution in [0.2, 0.25) is 5.02 Å². The van der Waals surface area contributed by atoms with Crippen molar-refractivity contribution >= 4 is 23.2 Å². The summed E-state index contributed by atoms with van der Waals surface area (Å²) in [5.41, 5.74) is 5.70. The molecular formula is C14H19ClN2O. The largest absolute Gasteiger partial charge is 0.370 e. The minimum atomic E-state index is -0.625. The fourth-order valence-electron chi connectivity index (χ4n) is 2.49. The molecule has 1 aromatic rings. The Bertz CT molecular complexity index is 453. The molecule has 2 rings (SSSR count). The Kier molecular flexibility index (Phi) is 3.53. The fourth-order valence-corrected chi connectivity index (χ4v) is 2.67. The van der Waals surface area contributed by atoms with Gasteiger partial charge in [-0.05, 0) is 36.8 Å². The Balaban J connectivity index is 2.15. The summed E-state index contributed by atoms with van der Waals surface area (Å²) in [6, 6.07) is 7.43. The van der Waals surface area contributed by atoms with Crippen molar-refractivity contribution < 1.29 is 4.79 Å². The van der Waals surface area contributed by atoms with Crippen LogP contribution in [-0.2, 0) is 4.79 Å². The first kappa shape index (κ1) is 13.2. The van der Waals surface area contributed by atoms with Gasteiger partial charge in [-0.2, -0.15) is 0 Å². The number of nitrogens with two attached hydrogens (primary N) is 1. The first-order valence-electron chi connectivity index (χ1n) is 6.27. The maximum Gasteiger partial charge on any atom is 0.243 e. The highest BCUT2D eigenvalue weighted by Gasteiger charge is 2.50. The molecule has 3 nitrogen and oxygen atoms in total. The van der Waals surface area contributed by atoms with Gasteiger partial charge < -0.3 is 11.1 Å². The SMILES string of the molecule is CC(C)C1CC(Nc2ccccc2Cl)(C(N)=O)C1. The van der Waals surface area contributed by atoms with E-state index in [1.165, 1.54) is 0 Å². The number of rotatable bonds is 4. The van der Waals surface area contributed by atoms with E-state index >= 15 is 0 Å². The van der Waals surface area contributed by atoms with E-state index in [9.17, 15) is 4.79 Å². The van der Waals surface area contributed by atoms with Crippen LogP contribution in [0, 0.1) is 11.8 Å². The zero-order valence-corrected chi connectivity index (χ0v) is 11.5. The maximum atomic E-state index is 11.7. The lowest BCUT2D eigenvalue weighted by Crippen LogP contribution is -2.60. The van der Waals surface area contributed by atoms with E-state index in [4.69, 9.17) is 17.3 Å². The quantitative estimate of drug-likeness (QED) is 0.880. The molecule has 1 fully saturated rings. The summed E-state index contributed by atoms with van der Waals surface area (Å²) in [4.78, 5) is 11.7. The van der Waals surface area contributed by atoms with Crippen molar-refractivity contribution in [1.82, 2.24) is 0 Å². The third kappa shape index (κ3) is 2.32. The monoisotopic (exact) mass is 266 g/mol. The first-order valence-corrected chi connectivity index (χ1v) is 6.65. The van der Waals surface area contributed by atoms with Crippen molar-refractivity contribution in [2.45, 2.75) is 32.2 Å². The molecule has 0 saturated heterocycles. The minimum Gasteiger partial charge on any atom is -0.370 e. The lowest BCUT2D eigenvalue weighted by Gasteiger charge is -2.48. The molecule has 4 heteroatoms. The van der Waals surface area contributed by atoms with Crippen LogP contribution in [0.1, 0.15) is 26.7 Å². The molecule has 1 aromatic carbocycles. The van der Waals surface area contributed by atoms with E-state index in [2.05, 4.69) is 19.2 Å². The predicted molar refractivity (Wildman–Crippen MR) is 74.6 cm³/mol. The molecule has 0 radical (unpaired) electrons. The smallest absolute Gasteiger partial charge is 0.243 e. The average Bonchev–Trinajstić information content (AvgIpc) is 2.24. The number of carbonyl (C=O) groups is 1. The number of primary amides is 1. The van der Waals surface area contributed by atoms with E-state index < -0.39 is 5.54 Å². The summed E-state index contributed by atoms with van der Waals surface area (Å²) in [6.45, 7) is 4.34. The molecule has 1 aliphatic rings. The van der Waals surface area contributed by atoms with Gasteiger partial charge in [0.05, 0.1) is 10.7 Å². The molecule has 0 heterocycles. The van der Waals surface area contributed by atoms with E-state index in [1.54, 1.807) is 6.07 Å². The number of hydrogen-bond donors (Lipinski definition) is 2.